The van der Waals surface area contributed by atoms with Crippen LogP contribution in [0.1, 0.15) is 49.1 Å². The van der Waals surface area contributed by atoms with E-state index >= 15 is 0 Å². The van der Waals surface area contributed by atoms with E-state index in [0.717, 1.165) is 42.7 Å². The maximum atomic E-state index is 13.5. The first-order valence-electron chi connectivity index (χ1n) is 11.6. The second-order valence-electron chi connectivity index (χ2n) is 9.17. The van der Waals surface area contributed by atoms with E-state index in [-0.39, 0.29) is 36.4 Å². The third-order valence-corrected chi connectivity index (χ3v) is 7.59. The van der Waals surface area contributed by atoms with Gasteiger partial charge in [0.15, 0.2) is 0 Å². The van der Waals surface area contributed by atoms with Gasteiger partial charge in [0.05, 0.1) is 13.7 Å². The second kappa shape index (κ2) is 8.64. The minimum Gasteiger partial charge on any atom is -0.496 e. The number of likely N-dealkylation sites (tertiary alicyclic amines) is 1. The van der Waals surface area contributed by atoms with Gasteiger partial charge >= 0.3 is 0 Å². The number of fused-ring (bicyclic) bond motifs is 3. The number of aliphatic hydroxyl groups is 1. The molecule has 2 fully saturated rings. The van der Waals surface area contributed by atoms with Crippen LogP contribution in [-0.4, -0.2) is 48.3 Å². The molecule has 1 saturated carbocycles. The van der Waals surface area contributed by atoms with Crippen LogP contribution in [0.25, 0.3) is 0 Å². The Morgan fingerprint density at radius 3 is 2.58 bits per heavy atom. The van der Waals surface area contributed by atoms with Crippen LogP contribution in [0.2, 0.25) is 0 Å². The first-order valence-corrected chi connectivity index (χ1v) is 11.6. The van der Waals surface area contributed by atoms with Gasteiger partial charge in [-0.1, -0.05) is 55.7 Å². The Kier molecular flexibility index (Phi) is 5.72. The van der Waals surface area contributed by atoms with Crippen LogP contribution in [0.3, 0.4) is 0 Å². The molecule has 1 amide bonds. The van der Waals surface area contributed by atoms with Crippen molar-refractivity contribution in [2.75, 3.05) is 25.2 Å². The molecule has 2 heterocycles. The number of ether oxygens (including phenoxy) is 1. The monoisotopic (exact) mass is 420 g/mol. The molecule has 2 aromatic carbocycles. The van der Waals surface area contributed by atoms with Crippen LogP contribution < -0.4 is 9.64 Å². The molecule has 3 atom stereocenters. The number of carbonyl (C=O) groups is 1. The molecule has 3 aliphatic rings. The van der Waals surface area contributed by atoms with Gasteiger partial charge in [0.2, 0.25) is 5.91 Å². The van der Waals surface area contributed by atoms with Crippen molar-refractivity contribution in [3.05, 3.63) is 59.7 Å². The van der Waals surface area contributed by atoms with E-state index in [1.165, 1.54) is 12.0 Å². The molecule has 0 spiro atoms. The SMILES string of the molecule is COc1ccccc1CN1[C@H](CO)[C@@H]2c3ccccc3N(C(=O)C3CCCCC3)C[C@@H]21. The lowest BCUT2D eigenvalue weighted by molar-refractivity contribution is -0.124. The van der Waals surface area contributed by atoms with E-state index in [0.29, 0.717) is 13.1 Å². The third kappa shape index (κ3) is 3.54. The predicted octanol–water partition coefficient (Wildman–Crippen LogP) is 3.95. The van der Waals surface area contributed by atoms with Crippen molar-refractivity contribution in [1.29, 1.82) is 0 Å². The van der Waals surface area contributed by atoms with Gasteiger partial charge in [-0.3, -0.25) is 9.69 Å². The highest BCUT2D eigenvalue weighted by Gasteiger charge is 2.53. The molecule has 164 valence electrons. The molecule has 31 heavy (non-hydrogen) atoms. The molecule has 2 aliphatic heterocycles. The number of amides is 1. The predicted molar refractivity (Wildman–Crippen MR) is 121 cm³/mol. The van der Waals surface area contributed by atoms with Crippen molar-refractivity contribution >= 4 is 11.6 Å². The molecule has 0 unspecified atom stereocenters. The number of nitrogens with zero attached hydrogens (tertiary/aromatic N) is 2. The number of benzene rings is 2. The van der Waals surface area contributed by atoms with Crippen LogP contribution >= 0.6 is 0 Å². The standard InChI is InChI=1S/C26H32N2O3/c1-31-24-14-8-5-11-19(24)15-27-22-16-28(26(30)18-9-3-2-4-10-18)21-13-7-6-12-20(21)25(22)23(27)17-29/h5-8,11-14,18,22-23,25,29H,2-4,9-10,15-17H2,1H3/t22-,23+,25+/m0/s1. The molecule has 1 aliphatic carbocycles. The molecule has 0 aromatic heterocycles. The molecule has 0 radical (unpaired) electrons. The van der Waals surface area contributed by atoms with E-state index in [4.69, 9.17) is 4.74 Å². The van der Waals surface area contributed by atoms with E-state index in [2.05, 4.69) is 34.1 Å². The summed E-state index contributed by atoms with van der Waals surface area (Å²) < 4.78 is 5.56. The minimum atomic E-state index is 0.0583. The van der Waals surface area contributed by atoms with Gasteiger partial charge in [-0.15, -0.1) is 0 Å². The fraction of sp³-hybridized carbons (Fsp3) is 0.500. The first kappa shape index (κ1) is 20.5. The Morgan fingerprint density at radius 2 is 1.81 bits per heavy atom. The molecular weight excluding hydrogens is 388 g/mol. The maximum Gasteiger partial charge on any atom is 0.230 e. The van der Waals surface area contributed by atoms with Crippen LogP contribution in [-0.2, 0) is 11.3 Å². The van der Waals surface area contributed by atoms with E-state index < -0.39 is 0 Å². The fourth-order valence-electron chi connectivity index (χ4n) is 6.01. The van der Waals surface area contributed by atoms with Gasteiger partial charge in [0.25, 0.3) is 0 Å². The summed E-state index contributed by atoms with van der Waals surface area (Å²) in [5, 5.41) is 10.3. The van der Waals surface area contributed by atoms with Crippen molar-refractivity contribution in [2.45, 2.75) is 56.7 Å². The summed E-state index contributed by atoms with van der Waals surface area (Å²) in [7, 11) is 1.70. The number of hydrogen-bond donors (Lipinski definition) is 1. The van der Waals surface area contributed by atoms with Crippen LogP contribution in [0, 0.1) is 5.92 Å². The Bertz CT molecular complexity index is 940. The number of carbonyl (C=O) groups excluding carboxylic acids is 1. The molecule has 1 N–H and O–H groups in total. The van der Waals surface area contributed by atoms with E-state index in [1.807, 2.05) is 24.3 Å². The largest absolute Gasteiger partial charge is 0.496 e. The summed E-state index contributed by atoms with van der Waals surface area (Å²) in [5.74, 6) is 1.56. The number of hydrogen-bond acceptors (Lipinski definition) is 4. The lowest BCUT2D eigenvalue weighted by Crippen LogP contribution is -2.69. The van der Waals surface area contributed by atoms with Crippen molar-refractivity contribution in [3.8, 4) is 5.75 Å². The van der Waals surface area contributed by atoms with Gasteiger partial charge in [-0.25, -0.2) is 0 Å². The topological polar surface area (TPSA) is 53.0 Å². The molecular formula is C26H32N2O3. The molecule has 0 bridgehead atoms. The lowest BCUT2D eigenvalue weighted by atomic mass is 9.71. The number of aliphatic hydroxyl groups excluding tert-OH is 1. The number of anilines is 1. The zero-order valence-corrected chi connectivity index (χ0v) is 18.2. The number of rotatable bonds is 5. The minimum absolute atomic E-state index is 0.0583. The quantitative estimate of drug-likeness (QED) is 0.796. The second-order valence-corrected chi connectivity index (χ2v) is 9.17. The average Bonchev–Trinajstić information content (AvgIpc) is 2.83. The Labute approximate surface area is 184 Å². The van der Waals surface area contributed by atoms with Crippen LogP contribution in [0.15, 0.2) is 48.5 Å². The van der Waals surface area contributed by atoms with Crippen molar-refractivity contribution in [2.24, 2.45) is 5.92 Å². The van der Waals surface area contributed by atoms with E-state index in [9.17, 15) is 9.90 Å². The van der Waals surface area contributed by atoms with Crippen LogP contribution in [0.5, 0.6) is 5.75 Å². The molecule has 2 aromatic rings. The highest BCUT2D eigenvalue weighted by atomic mass is 16.5. The fourth-order valence-corrected chi connectivity index (χ4v) is 6.01. The maximum absolute atomic E-state index is 13.5. The lowest BCUT2D eigenvalue weighted by Gasteiger charge is -2.59. The van der Waals surface area contributed by atoms with Crippen LogP contribution in [0.4, 0.5) is 5.69 Å². The van der Waals surface area contributed by atoms with Gasteiger partial charge in [0, 0.05) is 48.3 Å². The molecule has 5 nitrogen and oxygen atoms in total. The summed E-state index contributed by atoms with van der Waals surface area (Å²) in [4.78, 5) is 18.0. The van der Waals surface area contributed by atoms with Crippen molar-refractivity contribution < 1.29 is 14.6 Å². The van der Waals surface area contributed by atoms with Gasteiger partial charge in [-0.2, -0.15) is 0 Å². The highest BCUT2D eigenvalue weighted by molar-refractivity contribution is 5.96. The smallest absolute Gasteiger partial charge is 0.230 e. The van der Waals surface area contributed by atoms with Crippen molar-refractivity contribution in [3.63, 3.8) is 0 Å². The van der Waals surface area contributed by atoms with Gasteiger partial charge in [0.1, 0.15) is 5.75 Å². The Balaban J connectivity index is 1.45. The van der Waals surface area contributed by atoms with E-state index in [1.54, 1.807) is 7.11 Å². The summed E-state index contributed by atoms with van der Waals surface area (Å²) >= 11 is 0. The number of para-hydroxylation sites is 2. The summed E-state index contributed by atoms with van der Waals surface area (Å²) in [6, 6.07) is 16.7. The highest BCUT2D eigenvalue weighted by Crippen LogP contribution is 2.49. The Hall–Kier alpha value is -2.37. The molecule has 5 heteroatoms. The third-order valence-electron chi connectivity index (χ3n) is 7.59. The first-order chi connectivity index (χ1) is 15.2. The van der Waals surface area contributed by atoms with Crippen molar-refractivity contribution in [1.82, 2.24) is 4.90 Å². The van der Waals surface area contributed by atoms with Gasteiger partial charge < -0.3 is 14.7 Å². The zero-order valence-electron chi connectivity index (χ0n) is 18.2. The van der Waals surface area contributed by atoms with Gasteiger partial charge in [-0.05, 0) is 30.5 Å². The summed E-state index contributed by atoms with van der Waals surface area (Å²) in [6.45, 7) is 1.52. The molecule has 1 saturated heterocycles. The average molecular weight is 421 g/mol. The normalized spacial score (nSPS) is 26.0. The summed E-state index contributed by atoms with van der Waals surface area (Å²) in [5.41, 5.74) is 3.37. The molecule has 5 rings (SSSR count). The summed E-state index contributed by atoms with van der Waals surface area (Å²) in [6.07, 6.45) is 5.58. The zero-order chi connectivity index (χ0) is 21.4. The number of methoxy groups -OCH3 is 1. The Morgan fingerprint density at radius 1 is 1.06 bits per heavy atom.